The molecule has 1 aromatic carbocycles. The zero-order valence-electron chi connectivity index (χ0n) is 9.76. The molecule has 1 aromatic heterocycles. The number of aromatic nitrogens is 1. The van der Waals surface area contributed by atoms with Crippen molar-refractivity contribution >= 4 is 28.2 Å². The summed E-state index contributed by atoms with van der Waals surface area (Å²) < 4.78 is 0. The molecule has 86 valence electrons. The first-order chi connectivity index (χ1) is 7.74. The number of hydrogen-bond acceptors (Lipinski definition) is 1. The van der Waals surface area contributed by atoms with Crippen molar-refractivity contribution in [3.63, 3.8) is 0 Å². The summed E-state index contributed by atoms with van der Waals surface area (Å²) in [6.07, 6.45) is 1.01. The van der Waals surface area contributed by atoms with E-state index in [4.69, 9.17) is 11.6 Å². The monoisotopic (exact) mass is 236 g/mol. The van der Waals surface area contributed by atoms with Crippen molar-refractivity contribution in [2.75, 3.05) is 24.4 Å². The number of halogens is 1. The summed E-state index contributed by atoms with van der Waals surface area (Å²) in [5.41, 5.74) is 3.71. The van der Waals surface area contributed by atoms with Crippen LogP contribution in [0.25, 0.3) is 10.9 Å². The molecule has 0 aliphatic heterocycles. The molecule has 0 unspecified atom stereocenters. The summed E-state index contributed by atoms with van der Waals surface area (Å²) in [6.45, 7) is 3.11. The van der Waals surface area contributed by atoms with E-state index in [0.29, 0.717) is 5.88 Å². The number of nitrogens with one attached hydrogen (secondary N) is 1. The molecule has 0 spiro atoms. The van der Waals surface area contributed by atoms with Gasteiger partial charge in [-0.2, -0.15) is 0 Å². The first kappa shape index (κ1) is 11.3. The number of rotatable bonds is 4. The average Bonchev–Trinajstić information content (AvgIpc) is 2.62. The Morgan fingerprint density at radius 1 is 1.31 bits per heavy atom. The van der Waals surface area contributed by atoms with Crippen LogP contribution in [-0.2, 0) is 0 Å². The lowest BCUT2D eigenvalue weighted by Crippen LogP contribution is -2.19. The summed E-state index contributed by atoms with van der Waals surface area (Å²) in [6, 6.07) is 8.40. The Hall–Kier alpha value is -1.15. The molecule has 2 aromatic rings. The molecule has 0 fully saturated rings. The fourth-order valence-corrected chi connectivity index (χ4v) is 2.28. The smallest absolute Gasteiger partial charge is 0.0651 e. The Kier molecular flexibility index (Phi) is 3.39. The van der Waals surface area contributed by atoms with Crippen LogP contribution in [0.2, 0.25) is 0 Å². The van der Waals surface area contributed by atoms with E-state index in [2.05, 4.69) is 48.1 Å². The Bertz CT molecular complexity index is 476. The number of fused-ring (bicyclic) bond motifs is 1. The Labute approximate surface area is 101 Å². The highest BCUT2D eigenvalue weighted by atomic mass is 35.5. The van der Waals surface area contributed by atoms with Gasteiger partial charge in [0.2, 0.25) is 0 Å². The van der Waals surface area contributed by atoms with E-state index in [-0.39, 0.29) is 0 Å². The number of alkyl halides is 1. The average molecular weight is 237 g/mol. The molecule has 0 saturated carbocycles. The molecule has 3 heteroatoms. The molecule has 0 saturated heterocycles. The molecule has 16 heavy (non-hydrogen) atoms. The first-order valence-electron chi connectivity index (χ1n) is 5.58. The van der Waals surface area contributed by atoms with E-state index >= 15 is 0 Å². The van der Waals surface area contributed by atoms with Crippen LogP contribution in [0.15, 0.2) is 24.3 Å². The first-order valence-corrected chi connectivity index (χ1v) is 6.12. The van der Waals surface area contributed by atoms with Crippen LogP contribution in [0, 0.1) is 6.92 Å². The van der Waals surface area contributed by atoms with Crippen LogP contribution >= 0.6 is 11.6 Å². The van der Waals surface area contributed by atoms with Crippen molar-refractivity contribution in [2.45, 2.75) is 13.3 Å². The summed E-state index contributed by atoms with van der Waals surface area (Å²) in [5.74, 6) is 0.714. The van der Waals surface area contributed by atoms with Crippen molar-refractivity contribution in [3.8, 4) is 0 Å². The number of benzene rings is 1. The van der Waals surface area contributed by atoms with Crippen LogP contribution in [0.3, 0.4) is 0 Å². The fraction of sp³-hybridized carbons (Fsp3) is 0.385. The van der Waals surface area contributed by atoms with Gasteiger partial charge in [0.25, 0.3) is 0 Å². The largest absolute Gasteiger partial charge is 0.373 e. The van der Waals surface area contributed by atoms with Gasteiger partial charge >= 0.3 is 0 Å². The molecular weight excluding hydrogens is 220 g/mol. The van der Waals surface area contributed by atoms with Gasteiger partial charge in [0.05, 0.1) is 5.69 Å². The zero-order chi connectivity index (χ0) is 11.5. The van der Waals surface area contributed by atoms with Gasteiger partial charge in [0.15, 0.2) is 0 Å². The van der Waals surface area contributed by atoms with Gasteiger partial charge in [0.1, 0.15) is 0 Å². The lowest BCUT2D eigenvalue weighted by Gasteiger charge is -2.19. The van der Waals surface area contributed by atoms with Gasteiger partial charge in [-0.1, -0.05) is 18.2 Å². The third-order valence-corrected chi connectivity index (χ3v) is 3.14. The maximum Gasteiger partial charge on any atom is 0.0651 e. The topological polar surface area (TPSA) is 19.0 Å². The summed E-state index contributed by atoms with van der Waals surface area (Å²) >= 11 is 5.73. The van der Waals surface area contributed by atoms with E-state index in [0.717, 1.165) is 13.0 Å². The minimum atomic E-state index is 0.714. The van der Waals surface area contributed by atoms with Crippen LogP contribution in [0.1, 0.15) is 12.1 Å². The summed E-state index contributed by atoms with van der Waals surface area (Å²) in [7, 11) is 2.12. The van der Waals surface area contributed by atoms with Crippen LogP contribution < -0.4 is 4.90 Å². The number of hydrogen-bond donors (Lipinski definition) is 1. The molecule has 0 aliphatic carbocycles. The molecule has 1 heterocycles. The summed E-state index contributed by atoms with van der Waals surface area (Å²) in [5, 5.41) is 1.29. The van der Waals surface area contributed by atoms with Crippen molar-refractivity contribution in [1.29, 1.82) is 0 Å². The highest BCUT2D eigenvalue weighted by Crippen LogP contribution is 2.29. The molecule has 0 radical (unpaired) electrons. The van der Waals surface area contributed by atoms with E-state index in [9.17, 15) is 0 Å². The molecule has 1 N–H and O–H groups in total. The highest BCUT2D eigenvalue weighted by molar-refractivity contribution is 6.17. The normalized spacial score (nSPS) is 10.9. The number of para-hydroxylation sites is 1. The quantitative estimate of drug-likeness (QED) is 0.805. The molecule has 2 rings (SSSR count). The SMILES string of the molecule is Cc1[nH]c2ccccc2c1N(C)CCCCl. The maximum atomic E-state index is 5.73. The number of aromatic amines is 1. The molecule has 2 nitrogen and oxygen atoms in total. The number of nitrogens with zero attached hydrogens (tertiary/aromatic N) is 1. The van der Waals surface area contributed by atoms with Gasteiger partial charge in [-0.3, -0.25) is 0 Å². The van der Waals surface area contributed by atoms with Gasteiger partial charge in [-0.15, -0.1) is 11.6 Å². The van der Waals surface area contributed by atoms with Crippen LogP contribution in [0.4, 0.5) is 5.69 Å². The van der Waals surface area contributed by atoms with Crippen LogP contribution in [-0.4, -0.2) is 24.5 Å². The second kappa shape index (κ2) is 4.79. The zero-order valence-corrected chi connectivity index (χ0v) is 10.5. The number of anilines is 1. The van der Waals surface area contributed by atoms with Crippen molar-refractivity contribution in [2.24, 2.45) is 0 Å². The van der Waals surface area contributed by atoms with E-state index in [1.54, 1.807) is 0 Å². The lowest BCUT2D eigenvalue weighted by atomic mass is 10.2. The molecular formula is C13H17ClN2. The second-order valence-corrected chi connectivity index (χ2v) is 4.49. The third-order valence-electron chi connectivity index (χ3n) is 2.87. The Morgan fingerprint density at radius 2 is 2.06 bits per heavy atom. The van der Waals surface area contributed by atoms with Crippen molar-refractivity contribution in [1.82, 2.24) is 4.98 Å². The van der Waals surface area contributed by atoms with E-state index < -0.39 is 0 Å². The minimum Gasteiger partial charge on any atom is -0.373 e. The fourth-order valence-electron chi connectivity index (χ4n) is 2.16. The van der Waals surface area contributed by atoms with Crippen molar-refractivity contribution in [3.05, 3.63) is 30.0 Å². The van der Waals surface area contributed by atoms with E-state index in [1.807, 2.05) is 0 Å². The van der Waals surface area contributed by atoms with Gasteiger partial charge in [0, 0.05) is 36.1 Å². The standard InChI is InChI=1S/C13H17ClN2/c1-10-13(16(2)9-5-8-14)11-6-3-4-7-12(11)15-10/h3-4,6-7,15H,5,8-9H2,1-2H3. The third kappa shape index (κ3) is 2.03. The molecule has 0 atom stereocenters. The lowest BCUT2D eigenvalue weighted by molar-refractivity contribution is 0.856. The molecule has 0 bridgehead atoms. The minimum absolute atomic E-state index is 0.714. The predicted octanol–water partition coefficient (Wildman–Crippen LogP) is 3.54. The molecule has 0 amide bonds. The van der Waals surface area contributed by atoms with E-state index in [1.165, 1.54) is 22.3 Å². The second-order valence-electron chi connectivity index (χ2n) is 4.11. The van der Waals surface area contributed by atoms with Crippen molar-refractivity contribution < 1.29 is 0 Å². The summed E-state index contributed by atoms with van der Waals surface area (Å²) in [4.78, 5) is 5.68. The van der Waals surface area contributed by atoms with Crippen LogP contribution in [0.5, 0.6) is 0 Å². The highest BCUT2D eigenvalue weighted by Gasteiger charge is 2.11. The number of aryl methyl sites for hydroxylation is 1. The maximum absolute atomic E-state index is 5.73. The predicted molar refractivity (Wildman–Crippen MR) is 71.6 cm³/mol. The number of H-pyrrole nitrogens is 1. The Balaban J connectivity index is 2.38. The van der Waals surface area contributed by atoms with Gasteiger partial charge in [-0.05, 0) is 19.4 Å². The molecule has 0 aliphatic rings. The Morgan fingerprint density at radius 3 is 2.81 bits per heavy atom. The van der Waals surface area contributed by atoms with Gasteiger partial charge in [-0.25, -0.2) is 0 Å². The van der Waals surface area contributed by atoms with Gasteiger partial charge < -0.3 is 9.88 Å².